The molecule has 2 rings (SSSR count). The highest BCUT2D eigenvalue weighted by atomic mass is 19.1. The van der Waals surface area contributed by atoms with Gasteiger partial charge in [-0.3, -0.25) is 0 Å². The van der Waals surface area contributed by atoms with E-state index in [1.807, 2.05) is 18.2 Å². The smallest absolute Gasteiger partial charge is 0.231 e. The Morgan fingerprint density at radius 3 is 2.87 bits per heavy atom. The van der Waals surface area contributed by atoms with E-state index in [0.717, 1.165) is 11.3 Å². The van der Waals surface area contributed by atoms with Gasteiger partial charge in [0.25, 0.3) is 0 Å². The van der Waals surface area contributed by atoms with Crippen LogP contribution in [0.1, 0.15) is 12.5 Å². The lowest BCUT2D eigenvalue weighted by Crippen LogP contribution is -2.40. The van der Waals surface area contributed by atoms with Gasteiger partial charge in [-0.05, 0) is 31.0 Å². The molecule has 0 radical (unpaired) electrons. The van der Waals surface area contributed by atoms with Gasteiger partial charge in [0.1, 0.15) is 6.67 Å². The standard InChI is InChI=1S/C11H14FNO2/c1-11(13,6-12)5-8-2-3-9-10(4-8)15-7-14-9/h2-4H,5-7,13H2,1H3. The first-order valence-electron chi connectivity index (χ1n) is 4.84. The van der Waals surface area contributed by atoms with Gasteiger partial charge in [-0.25, -0.2) is 4.39 Å². The van der Waals surface area contributed by atoms with Gasteiger partial charge in [-0.1, -0.05) is 6.07 Å². The van der Waals surface area contributed by atoms with E-state index in [-0.39, 0.29) is 6.79 Å². The summed E-state index contributed by atoms with van der Waals surface area (Å²) < 4.78 is 23.0. The molecule has 1 heterocycles. The molecular formula is C11H14FNO2. The van der Waals surface area contributed by atoms with E-state index in [0.29, 0.717) is 12.2 Å². The summed E-state index contributed by atoms with van der Waals surface area (Å²) in [6.45, 7) is 1.40. The normalized spacial score (nSPS) is 17.5. The maximum absolute atomic E-state index is 12.5. The van der Waals surface area contributed by atoms with Gasteiger partial charge in [0, 0.05) is 5.54 Å². The SMILES string of the molecule is CC(N)(CF)Cc1ccc2c(c1)OCO2. The molecule has 0 fully saturated rings. The van der Waals surface area contributed by atoms with Crippen molar-refractivity contribution in [2.24, 2.45) is 5.73 Å². The second kappa shape index (κ2) is 3.70. The van der Waals surface area contributed by atoms with E-state index in [4.69, 9.17) is 15.2 Å². The Labute approximate surface area is 88.0 Å². The first-order chi connectivity index (χ1) is 7.11. The van der Waals surface area contributed by atoms with Gasteiger partial charge < -0.3 is 15.2 Å². The minimum atomic E-state index is -0.812. The molecule has 2 N–H and O–H groups in total. The van der Waals surface area contributed by atoms with Crippen molar-refractivity contribution in [3.8, 4) is 11.5 Å². The van der Waals surface area contributed by atoms with Crippen LogP contribution in [0.2, 0.25) is 0 Å². The zero-order valence-corrected chi connectivity index (χ0v) is 8.63. The Morgan fingerprint density at radius 2 is 2.13 bits per heavy atom. The summed E-state index contributed by atoms with van der Waals surface area (Å²) in [6, 6.07) is 5.56. The molecule has 1 aromatic rings. The van der Waals surface area contributed by atoms with E-state index in [2.05, 4.69) is 0 Å². The third-order valence-corrected chi connectivity index (χ3v) is 2.35. The predicted octanol–water partition coefficient (Wildman–Crippen LogP) is 1.64. The summed E-state index contributed by atoms with van der Waals surface area (Å²) in [6.07, 6.45) is 0.486. The third-order valence-electron chi connectivity index (χ3n) is 2.35. The topological polar surface area (TPSA) is 44.5 Å². The third kappa shape index (κ3) is 2.21. The zero-order chi connectivity index (χ0) is 10.9. The fraction of sp³-hybridized carbons (Fsp3) is 0.455. The zero-order valence-electron chi connectivity index (χ0n) is 8.63. The Kier molecular flexibility index (Phi) is 2.52. The molecule has 0 spiro atoms. The number of hydrogen-bond donors (Lipinski definition) is 1. The first kappa shape index (κ1) is 10.2. The van der Waals surface area contributed by atoms with E-state index in [9.17, 15) is 4.39 Å². The molecule has 4 heteroatoms. The average Bonchev–Trinajstić information content (AvgIpc) is 2.64. The van der Waals surface area contributed by atoms with Gasteiger partial charge in [0.15, 0.2) is 11.5 Å². The summed E-state index contributed by atoms with van der Waals surface area (Å²) in [5.41, 5.74) is 5.89. The summed E-state index contributed by atoms with van der Waals surface area (Å²) in [4.78, 5) is 0. The summed E-state index contributed by atoms with van der Waals surface area (Å²) in [5, 5.41) is 0. The van der Waals surface area contributed by atoms with Crippen molar-refractivity contribution in [2.45, 2.75) is 18.9 Å². The summed E-state index contributed by atoms with van der Waals surface area (Å²) in [5.74, 6) is 1.44. The van der Waals surface area contributed by atoms with Crippen LogP contribution in [0.3, 0.4) is 0 Å². The van der Waals surface area contributed by atoms with E-state index in [1.54, 1.807) is 6.92 Å². The van der Waals surface area contributed by atoms with Crippen LogP contribution in [-0.2, 0) is 6.42 Å². The van der Waals surface area contributed by atoms with Crippen LogP contribution >= 0.6 is 0 Å². The number of fused-ring (bicyclic) bond motifs is 1. The highest BCUT2D eigenvalue weighted by molar-refractivity contribution is 5.44. The van der Waals surface area contributed by atoms with Crippen molar-refractivity contribution in [1.82, 2.24) is 0 Å². The Morgan fingerprint density at radius 1 is 1.40 bits per heavy atom. The lowest BCUT2D eigenvalue weighted by atomic mass is 9.95. The lowest BCUT2D eigenvalue weighted by molar-refractivity contribution is 0.174. The number of rotatable bonds is 3. The minimum absolute atomic E-state index is 0.252. The van der Waals surface area contributed by atoms with Crippen molar-refractivity contribution in [2.75, 3.05) is 13.5 Å². The Hall–Kier alpha value is -1.29. The van der Waals surface area contributed by atoms with Crippen LogP contribution in [0, 0.1) is 0 Å². The number of ether oxygens (including phenoxy) is 2. The Balaban J connectivity index is 2.17. The molecule has 3 nitrogen and oxygen atoms in total. The van der Waals surface area contributed by atoms with E-state index in [1.165, 1.54) is 0 Å². The first-order valence-corrected chi connectivity index (χ1v) is 4.84. The van der Waals surface area contributed by atoms with Crippen LogP contribution in [-0.4, -0.2) is 19.0 Å². The number of hydrogen-bond acceptors (Lipinski definition) is 3. The summed E-state index contributed by atoms with van der Waals surface area (Å²) in [7, 11) is 0. The van der Waals surface area contributed by atoms with Gasteiger partial charge in [0.2, 0.25) is 6.79 Å². The van der Waals surface area contributed by atoms with Crippen LogP contribution in [0.5, 0.6) is 11.5 Å². The van der Waals surface area contributed by atoms with Crippen molar-refractivity contribution in [1.29, 1.82) is 0 Å². The van der Waals surface area contributed by atoms with Crippen molar-refractivity contribution in [3.63, 3.8) is 0 Å². The molecule has 1 aliphatic rings. The fourth-order valence-corrected chi connectivity index (χ4v) is 1.56. The largest absolute Gasteiger partial charge is 0.454 e. The molecule has 1 aliphatic heterocycles. The van der Waals surface area contributed by atoms with Gasteiger partial charge in [-0.2, -0.15) is 0 Å². The fourth-order valence-electron chi connectivity index (χ4n) is 1.56. The quantitative estimate of drug-likeness (QED) is 0.826. The Bertz CT molecular complexity index is 366. The molecule has 1 unspecified atom stereocenters. The van der Waals surface area contributed by atoms with Gasteiger partial charge >= 0.3 is 0 Å². The van der Waals surface area contributed by atoms with Crippen LogP contribution in [0.25, 0.3) is 0 Å². The van der Waals surface area contributed by atoms with Gasteiger partial charge in [0.05, 0.1) is 0 Å². The number of benzene rings is 1. The van der Waals surface area contributed by atoms with E-state index < -0.39 is 12.2 Å². The monoisotopic (exact) mass is 211 g/mol. The molecule has 0 aliphatic carbocycles. The molecule has 0 amide bonds. The molecular weight excluding hydrogens is 197 g/mol. The number of nitrogens with two attached hydrogens (primary N) is 1. The predicted molar refractivity (Wildman–Crippen MR) is 54.8 cm³/mol. The number of halogens is 1. The average molecular weight is 211 g/mol. The van der Waals surface area contributed by atoms with Gasteiger partial charge in [-0.15, -0.1) is 0 Å². The van der Waals surface area contributed by atoms with Crippen molar-refractivity contribution in [3.05, 3.63) is 23.8 Å². The van der Waals surface area contributed by atoms with Crippen molar-refractivity contribution >= 4 is 0 Å². The molecule has 1 aromatic carbocycles. The summed E-state index contributed by atoms with van der Waals surface area (Å²) >= 11 is 0. The molecule has 15 heavy (non-hydrogen) atoms. The minimum Gasteiger partial charge on any atom is -0.454 e. The molecule has 0 aromatic heterocycles. The molecule has 1 atom stereocenters. The number of alkyl halides is 1. The van der Waals surface area contributed by atoms with Crippen LogP contribution < -0.4 is 15.2 Å². The molecule has 82 valence electrons. The molecule has 0 saturated carbocycles. The lowest BCUT2D eigenvalue weighted by Gasteiger charge is -2.20. The second-order valence-electron chi connectivity index (χ2n) is 4.15. The van der Waals surface area contributed by atoms with Crippen molar-refractivity contribution < 1.29 is 13.9 Å². The van der Waals surface area contributed by atoms with Crippen LogP contribution in [0.4, 0.5) is 4.39 Å². The molecule has 0 bridgehead atoms. The van der Waals surface area contributed by atoms with E-state index >= 15 is 0 Å². The highest BCUT2D eigenvalue weighted by Crippen LogP contribution is 2.33. The maximum Gasteiger partial charge on any atom is 0.231 e. The van der Waals surface area contributed by atoms with Crippen LogP contribution in [0.15, 0.2) is 18.2 Å². The maximum atomic E-state index is 12.5. The molecule has 0 saturated heterocycles. The second-order valence-corrected chi connectivity index (χ2v) is 4.15. The highest BCUT2D eigenvalue weighted by Gasteiger charge is 2.20.